The fraction of sp³-hybridized carbons (Fsp3) is 0.294. The molecule has 3 rings (SSSR count). The Balaban J connectivity index is 1.93. The topological polar surface area (TPSA) is 76.3 Å². The van der Waals surface area contributed by atoms with Gasteiger partial charge in [0.25, 0.3) is 0 Å². The number of nitrogens with zero attached hydrogens (tertiary/aromatic N) is 3. The minimum Gasteiger partial charge on any atom is -0.341 e. The number of pyridine rings is 1. The average Bonchev–Trinajstić information content (AvgIpc) is 3.15. The lowest BCUT2D eigenvalue weighted by atomic mass is 10.1. The molecular formula is C17H17N3O3S. The molecule has 0 radical (unpaired) electrons. The molecule has 1 atom stereocenters. The van der Waals surface area contributed by atoms with E-state index in [0.717, 1.165) is 43.3 Å². The molecule has 1 amide bonds. The average molecular weight is 343 g/mol. The number of hydrogen-bond donors (Lipinski definition) is 0. The maximum absolute atomic E-state index is 12.9. The van der Waals surface area contributed by atoms with Crippen LogP contribution in [0.25, 0.3) is 0 Å². The number of aromatic nitrogens is 1. The van der Waals surface area contributed by atoms with Gasteiger partial charge in [-0.2, -0.15) is 0 Å². The third-order valence-corrected chi connectivity index (χ3v) is 5.17. The molecular weight excluding hydrogens is 326 g/mol. The Kier molecular flexibility index (Phi) is 5.10. The highest BCUT2D eigenvalue weighted by Crippen LogP contribution is 2.39. The molecule has 0 spiro atoms. The minimum atomic E-state index is -0.530. The number of likely N-dealkylation sites (tertiary alicyclic amines) is 1. The zero-order chi connectivity index (χ0) is 16.9. The van der Waals surface area contributed by atoms with E-state index in [9.17, 15) is 14.9 Å². The van der Waals surface area contributed by atoms with Crippen LogP contribution in [0.15, 0.2) is 53.7 Å². The summed E-state index contributed by atoms with van der Waals surface area (Å²) in [6.45, 7) is 1.49. The lowest BCUT2D eigenvalue weighted by Gasteiger charge is -2.22. The first-order valence-corrected chi connectivity index (χ1v) is 8.64. The summed E-state index contributed by atoms with van der Waals surface area (Å²) in [7, 11) is 0. The van der Waals surface area contributed by atoms with Crippen LogP contribution in [0.2, 0.25) is 0 Å². The van der Waals surface area contributed by atoms with Crippen LogP contribution < -0.4 is 0 Å². The van der Waals surface area contributed by atoms with Crippen molar-refractivity contribution in [2.75, 3.05) is 13.1 Å². The quantitative estimate of drug-likeness (QED) is 0.472. The van der Waals surface area contributed by atoms with Crippen LogP contribution in [0.1, 0.15) is 23.7 Å². The molecule has 6 nitrogen and oxygen atoms in total. The van der Waals surface area contributed by atoms with Crippen molar-refractivity contribution >= 4 is 23.4 Å². The monoisotopic (exact) mass is 343 g/mol. The van der Waals surface area contributed by atoms with Gasteiger partial charge in [-0.25, -0.2) is 4.98 Å². The van der Waals surface area contributed by atoms with Crippen LogP contribution in [0.5, 0.6) is 0 Å². The summed E-state index contributed by atoms with van der Waals surface area (Å²) in [4.78, 5) is 29.7. The van der Waals surface area contributed by atoms with Gasteiger partial charge in [-0.3, -0.25) is 14.9 Å². The molecule has 0 bridgehead atoms. The van der Waals surface area contributed by atoms with Crippen molar-refractivity contribution in [3.05, 3.63) is 64.3 Å². The second kappa shape index (κ2) is 7.44. The Morgan fingerprint density at radius 1 is 1.17 bits per heavy atom. The molecule has 0 aliphatic carbocycles. The second-order valence-electron chi connectivity index (χ2n) is 5.53. The number of carbonyl (C=O) groups excluding carboxylic acids is 1. The summed E-state index contributed by atoms with van der Waals surface area (Å²) in [5, 5.41) is 11.0. The van der Waals surface area contributed by atoms with E-state index < -0.39 is 10.2 Å². The largest absolute Gasteiger partial charge is 0.341 e. The molecule has 124 valence electrons. The molecule has 1 aliphatic heterocycles. The zero-order valence-electron chi connectivity index (χ0n) is 13.0. The van der Waals surface area contributed by atoms with Crippen molar-refractivity contribution < 1.29 is 9.72 Å². The summed E-state index contributed by atoms with van der Waals surface area (Å²) >= 11 is 1.15. The summed E-state index contributed by atoms with van der Waals surface area (Å²) in [6.07, 6.45) is 3.51. The van der Waals surface area contributed by atoms with Gasteiger partial charge < -0.3 is 4.90 Å². The van der Waals surface area contributed by atoms with E-state index in [1.54, 1.807) is 0 Å². The molecule has 1 aromatic carbocycles. The zero-order valence-corrected chi connectivity index (χ0v) is 13.8. The molecule has 24 heavy (non-hydrogen) atoms. The Bertz CT molecular complexity index is 733. The van der Waals surface area contributed by atoms with Gasteiger partial charge in [-0.1, -0.05) is 42.1 Å². The van der Waals surface area contributed by atoms with Crippen molar-refractivity contribution in [2.24, 2.45) is 0 Å². The van der Waals surface area contributed by atoms with E-state index in [1.165, 1.54) is 18.3 Å². The van der Waals surface area contributed by atoms with Crippen molar-refractivity contribution in [2.45, 2.75) is 23.1 Å². The molecule has 0 N–H and O–H groups in total. The normalized spacial score (nSPS) is 15.2. The van der Waals surface area contributed by atoms with Crippen LogP contribution in [-0.2, 0) is 4.79 Å². The number of rotatable bonds is 5. The summed E-state index contributed by atoms with van der Waals surface area (Å²) < 4.78 is 0. The van der Waals surface area contributed by atoms with Gasteiger partial charge >= 0.3 is 5.69 Å². The fourth-order valence-corrected chi connectivity index (χ4v) is 3.87. The van der Waals surface area contributed by atoms with E-state index in [-0.39, 0.29) is 16.6 Å². The Morgan fingerprint density at radius 2 is 1.88 bits per heavy atom. The van der Waals surface area contributed by atoms with Crippen molar-refractivity contribution in [1.29, 1.82) is 0 Å². The molecule has 1 fully saturated rings. The standard InChI is InChI=1S/C17H17N3O3S/c21-17(19-11-4-5-12-19)15(13-7-2-1-3-8-13)24-16-14(20(22)23)9-6-10-18-16/h1-3,6-10,15H,4-5,11-12H2. The SMILES string of the molecule is O=C(C(Sc1ncccc1[N+](=O)[O-])c1ccccc1)N1CCCC1. The van der Waals surface area contributed by atoms with Gasteiger partial charge in [0.1, 0.15) is 5.25 Å². The molecule has 7 heteroatoms. The number of benzene rings is 1. The highest BCUT2D eigenvalue weighted by molar-refractivity contribution is 8.00. The maximum Gasteiger partial charge on any atom is 0.301 e. The third kappa shape index (κ3) is 3.56. The molecule has 2 aromatic rings. The Hall–Kier alpha value is -2.41. The molecule has 1 unspecified atom stereocenters. The first-order valence-electron chi connectivity index (χ1n) is 7.76. The smallest absolute Gasteiger partial charge is 0.301 e. The van der Waals surface area contributed by atoms with E-state index in [0.29, 0.717) is 0 Å². The first kappa shape index (κ1) is 16.4. The van der Waals surface area contributed by atoms with Gasteiger partial charge in [0.15, 0.2) is 5.03 Å². The highest BCUT2D eigenvalue weighted by atomic mass is 32.2. The van der Waals surface area contributed by atoms with Crippen molar-refractivity contribution in [1.82, 2.24) is 9.88 Å². The first-order chi connectivity index (χ1) is 11.7. The maximum atomic E-state index is 12.9. The number of hydrogen-bond acceptors (Lipinski definition) is 5. The van der Waals surface area contributed by atoms with Crippen molar-refractivity contribution in [3.8, 4) is 0 Å². The van der Waals surface area contributed by atoms with Crippen LogP contribution in [0.4, 0.5) is 5.69 Å². The predicted molar refractivity (Wildman–Crippen MR) is 91.7 cm³/mol. The van der Waals surface area contributed by atoms with E-state index in [1.807, 2.05) is 35.2 Å². The van der Waals surface area contributed by atoms with Crippen LogP contribution in [0.3, 0.4) is 0 Å². The Morgan fingerprint density at radius 3 is 2.54 bits per heavy atom. The lowest BCUT2D eigenvalue weighted by Crippen LogP contribution is -2.31. The molecule has 1 aliphatic rings. The summed E-state index contributed by atoms with van der Waals surface area (Å²) in [6, 6.07) is 12.3. The van der Waals surface area contributed by atoms with Gasteiger partial charge in [-0.05, 0) is 24.5 Å². The van der Waals surface area contributed by atoms with Gasteiger partial charge in [0.2, 0.25) is 5.91 Å². The minimum absolute atomic E-state index is 0.0105. The number of carbonyl (C=O) groups is 1. The lowest BCUT2D eigenvalue weighted by molar-refractivity contribution is -0.388. The summed E-state index contributed by atoms with van der Waals surface area (Å²) in [5.74, 6) is -0.0105. The second-order valence-corrected chi connectivity index (χ2v) is 6.62. The highest BCUT2D eigenvalue weighted by Gasteiger charge is 2.31. The molecule has 1 aromatic heterocycles. The van der Waals surface area contributed by atoms with Gasteiger partial charge in [-0.15, -0.1) is 0 Å². The molecule has 1 saturated heterocycles. The van der Waals surface area contributed by atoms with Gasteiger partial charge in [0.05, 0.1) is 4.92 Å². The predicted octanol–water partition coefficient (Wildman–Crippen LogP) is 3.45. The fourth-order valence-electron chi connectivity index (χ4n) is 2.72. The van der Waals surface area contributed by atoms with Gasteiger partial charge in [0, 0.05) is 25.4 Å². The molecule has 0 saturated carbocycles. The number of nitro groups is 1. The number of amides is 1. The van der Waals surface area contributed by atoms with E-state index >= 15 is 0 Å². The van der Waals surface area contributed by atoms with Crippen LogP contribution >= 0.6 is 11.8 Å². The Labute approximate surface area is 144 Å². The van der Waals surface area contributed by atoms with Crippen molar-refractivity contribution in [3.63, 3.8) is 0 Å². The van der Waals surface area contributed by atoms with E-state index in [2.05, 4.69) is 4.98 Å². The van der Waals surface area contributed by atoms with E-state index in [4.69, 9.17) is 0 Å². The summed E-state index contributed by atoms with van der Waals surface area (Å²) in [5.41, 5.74) is 0.761. The third-order valence-electron chi connectivity index (χ3n) is 3.92. The molecule has 2 heterocycles. The number of thioether (sulfide) groups is 1. The van der Waals surface area contributed by atoms with Crippen LogP contribution in [0, 0.1) is 10.1 Å². The van der Waals surface area contributed by atoms with Crippen LogP contribution in [-0.4, -0.2) is 33.8 Å².